The van der Waals surface area contributed by atoms with Crippen molar-refractivity contribution in [3.8, 4) is 5.75 Å². The Bertz CT molecular complexity index is 1330. The van der Waals surface area contributed by atoms with E-state index in [2.05, 4.69) is 19.6 Å². The molecule has 35 heavy (non-hydrogen) atoms. The predicted molar refractivity (Wildman–Crippen MR) is 136 cm³/mol. The van der Waals surface area contributed by atoms with Gasteiger partial charge in [0.15, 0.2) is 6.10 Å². The summed E-state index contributed by atoms with van der Waals surface area (Å²) in [7, 11) is -0.589. The van der Waals surface area contributed by atoms with Gasteiger partial charge in [0.1, 0.15) is 29.8 Å². The van der Waals surface area contributed by atoms with Crippen LogP contribution in [-0.4, -0.2) is 58.2 Å². The summed E-state index contributed by atoms with van der Waals surface area (Å²) >= 11 is 0. The van der Waals surface area contributed by atoms with Crippen LogP contribution in [0.3, 0.4) is 0 Å². The van der Waals surface area contributed by atoms with Gasteiger partial charge in [-0.15, -0.1) is 0 Å². The van der Waals surface area contributed by atoms with Crippen molar-refractivity contribution < 1.29 is 22.8 Å². The van der Waals surface area contributed by atoms with Gasteiger partial charge >= 0.3 is 0 Å². The van der Waals surface area contributed by atoms with Crippen LogP contribution in [0.4, 0.5) is 21.6 Å². The summed E-state index contributed by atoms with van der Waals surface area (Å²) in [5.41, 5.74) is 2.81. The second-order valence-electron chi connectivity index (χ2n) is 8.59. The standard InChI is InChI=1S/C24H27FN4O4S.CH4/c1-15-9-17(29-34(30)7-3-4-8-34)11-19-23(15)24(27-14-26-19)28-18-6-5-16(25)10-20(18)33-22-13-32-12-21(22)31-2;/h5-6,9-11,14,21-22H,3-4,7-8,12-13H2,1-2H3,(H,26,27,28);1H4/t21-,22+;/m1./s1. The van der Waals surface area contributed by atoms with Crippen LogP contribution in [0.5, 0.6) is 5.75 Å². The summed E-state index contributed by atoms with van der Waals surface area (Å²) in [5.74, 6) is 1.77. The van der Waals surface area contributed by atoms with Crippen LogP contribution in [0.15, 0.2) is 41.0 Å². The first-order valence-electron chi connectivity index (χ1n) is 11.3. The first kappa shape index (κ1) is 25.3. The lowest BCUT2D eigenvalue weighted by molar-refractivity contribution is 0.0328. The summed E-state index contributed by atoms with van der Waals surface area (Å²) in [5, 5.41) is 4.08. The van der Waals surface area contributed by atoms with Gasteiger partial charge in [0.05, 0.1) is 39.8 Å². The van der Waals surface area contributed by atoms with Gasteiger partial charge in [-0.1, -0.05) is 7.43 Å². The summed E-state index contributed by atoms with van der Waals surface area (Å²) in [6, 6.07) is 8.04. The number of nitrogens with zero attached hydrogens (tertiary/aromatic N) is 3. The highest BCUT2D eigenvalue weighted by Gasteiger charge is 2.31. The molecule has 5 rings (SSSR count). The third kappa shape index (κ3) is 5.39. The third-order valence-electron chi connectivity index (χ3n) is 6.13. The smallest absolute Gasteiger partial charge is 0.150 e. The molecular formula is C25H31FN4O4S. The van der Waals surface area contributed by atoms with Crippen molar-refractivity contribution >= 4 is 37.8 Å². The molecule has 0 spiro atoms. The molecule has 8 nitrogen and oxygen atoms in total. The Morgan fingerprint density at radius 3 is 2.69 bits per heavy atom. The first-order valence-corrected chi connectivity index (χ1v) is 13.1. The molecule has 2 aliphatic heterocycles. The molecule has 0 aliphatic carbocycles. The molecule has 0 unspecified atom stereocenters. The number of ether oxygens (including phenoxy) is 3. The van der Waals surface area contributed by atoms with Gasteiger partial charge in [-0.25, -0.2) is 18.6 Å². The fourth-order valence-corrected chi connectivity index (χ4v) is 6.58. The van der Waals surface area contributed by atoms with Crippen molar-refractivity contribution in [2.24, 2.45) is 4.36 Å². The summed E-state index contributed by atoms with van der Waals surface area (Å²) in [6.07, 6.45) is 2.78. The zero-order valence-electron chi connectivity index (χ0n) is 19.1. The second kappa shape index (κ2) is 10.4. The van der Waals surface area contributed by atoms with E-state index >= 15 is 0 Å². The SMILES string of the molecule is C.CO[C@@H]1COC[C@@H]1Oc1cc(F)ccc1Nc1ncnc2cc(N=S3(=O)CCCC3)cc(C)c12. The second-order valence-corrected chi connectivity index (χ2v) is 11.1. The molecule has 2 saturated heterocycles. The van der Waals surface area contributed by atoms with Crippen LogP contribution in [0.2, 0.25) is 0 Å². The summed E-state index contributed by atoms with van der Waals surface area (Å²) in [6.45, 7) is 2.73. The predicted octanol–water partition coefficient (Wildman–Crippen LogP) is 5.14. The van der Waals surface area contributed by atoms with Crippen LogP contribution < -0.4 is 10.1 Å². The van der Waals surface area contributed by atoms with E-state index < -0.39 is 15.5 Å². The number of halogens is 1. The maximum Gasteiger partial charge on any atom is 0.150 e. The van der Waals surface area contributed by atoms with Crippen molar-refractivity contribution in [1.82, 2.24) is 9.97 Å². The largest absolute Gasteiger partial charge is 0.483 e. The van der Waals surface area contributed by atoms with Gasteiger partial charge in [-0.3, -0.25) is 0 Å². The van der Waals surface area contributed by atoms with Crippen molar-refractivity contribution in [2.75, 3.05) is 37.1 Å². The highest BCUT2D eigenvalue weighted by atomic mass is 32.2. The Morgan fingerprint density at radius 2 is 1.91 bits per heavy atom. The zero-order valence-corrected chi connectivity index (χ0v) is 19.9. The van der Waals surface area contributed by atoms with Gasteiger partial charge in [0, 0.05) is 30.1 Å². The first-order chi connectivity index (χ1) is 16.4. The van der Waals surface area contributed by atoms with Crippen molar-refractivity contribution in [3.63, 3.8) is 0 Å². The number of aryl methyl sites for hydroxylation is 1. The number of fused-ring (bicyclic) bond motifs is 1. The fraction of sp³-hybridized carbons (Fsp3) is 0.440. The lowest BCUT2D eigenvalue weighted by Gasteiger charge is -2.21. The minimum Gasteiger partial charge on any atom is -0.483 e. The highest BCUT2D eigenvalue weighted by Crippen LogP contribution is 2.35. The average Bonchev–Trinajstić information content (AvgIpc) is 3.44. The van der Waals surface area contributed by atoms with E-state index in [4.69, 9.17) is 14.2 Å². The summed E-state index contributed by atoms with van der Waals surface area (Å²) < 4.78 is 48.5. The molecule has 0 radical (unpaired) electrons. The molecule has 2 aliphatic rings. The van der Waals surface area contributed by atoms with Crippen LogP contribution >= 0.6 is 0 Å². The number of nitrogens with one attached hydrogen (secondary N) is 1. The molecule has 10 heteroatoms. The number of methoxy groups -OCH3 is 1. The van der Waals surface area contributed by atoms with Gasteiger partial charge in [0.2, 0.25) is 0 Å². The van der Waals surface area contributed by atoms with E-state index in [-0.39, 0.29) is 19.6 Å². The number of rotatable bonds is 6. The molecule has 2 atom stereocenters. The Kier molecular flexibility index (Phi) is 7.53. The maximum atomic E-state index is 14.1. The van der Waals surface area contributed by atoms with Crippen molar-refractivity contribution in [3.05, 3.63) is 48.0 Å². The van der Waals surface area contributed by atoms with Gasteiger partial charge in [-0.2, -0.15) is 4.36 Å². The lowest BCUT2D eigenvalue weighted by atomic mass is 10.1. The Labute approximate surface area is 205 Å². The van der Waals surface area contributed by atoms with E-state index in [0.29, 0.717) is 53.2 Å². The minimum absolute atomic E-state index is 0. The number of aromatic nitrogens is 2. The Hall–Kier alpha value is -2.82. The number of hydrogen-bond donors (Lipinski definition) is 1. The van der Waals surface area contributed by atoms with Crippen LogP contribution in [0.1, 0.15) is 25.8 Å². The van der Waals surface area contributed by atoms with Crippen LogP contribution in [-0.2, 0) is 19.2 Å². The van der Waals surface area contributed by atoms with Crippen LogP contribution in [0.25, 0.3) is 10.9 Å². The van der Waals surface area contributed by atoms with E-state index in [1.54, 1.807) is 13.2 Å². The van der Waals surface area contributed by atoms with E-state index in [1.807, 2.05) is 19.1 Å². The minimum atomic E-state index is -2.19. The lowest BCUT2D eigenvalue weighted by Crippen LogP contribution is -2.31. The maximum absolute atomic E-state index is 14.1. The van der Waals surface area contributed by atoms with Crippen LogP contribution in [0, 0.1) is 12.7 Å². The average molecular weight is 503 g/mol. The number of hydrogen-bond acceptors (Lipinski definition) is 8. The molecule has 1 N–H and O–H groups in total. The molecule has 2 aromatic carbocycles. The topological polar surface area (TPSA) is 94.9 Å². The Morgan fingerprint density at radius 1 is 1.14 bits per heavy atom. The molecule has 0 amide bonds. The van der Waals surface area contributed by atoms with Crippen molar-refractivity contribution in [2.45, 2.75) is 39.4 Å². The van der Waals surface area contributed by atoms with Gasteiger partial charge in [0.25, 0.3) is 0 Å². The number of anilines is 2. The van der Waals surface area contributed by atoms with E-state index in [9.17, 15) is 8.60 Å². The molecule has 0 saturated carbocycles. The van der Waals surface area contributed by atoms with E-state index in [0.717, 1.165) is 23.8 Å². The summed E-state index contributed by atoms with van der Waals surface area (Å²) in [4.78, 5) is 8.84. The number of benzene rings is 2. The molecule has 2 fully saturated rings. The third-order valence-corrected chi connectivity index (χ3v) is 8.52. The van der Waals surface area contributed by atoms with Crippen molar-refractivity contribution in [1.29, 1.82) is 0 Å². The monoisotopic (exact) mass is 502 g/mol. The zero-order chi connectivity index (χ0) is 23.7. The molecular weight excluding hydrogens is 471 g/mol. The molecule has 188 valence electrons. The highest BCUT2D eigenvalue weighted by molar-refractivity contribution is 7.93. The van der Waals surface area contributed by atoms with Gasteiger partial charge in [-0.05, 0) is 49.6 Å². The molecule has 3 aromatic rings. The fourth-order valence-electron chi connectivity index (χ4n) is 4.39. The Balaban J connectivity index is 0.00000289. The molecule has 3 heterocycles. The van der Waals surface area contributed by atoms with E-state index in [1.165, 1.54) is 18.5 Å². The molecule has 0 bridgehead atoms. The molecule has 1 aromatic heterocycles. The normalized spacial score (nSPS) is 21.0. The van der Waals surface area contributed by atoms with Gasteiger partial charge < -0.3 is 19.5 Å². The quantitative estimate of drug-likeness (QED) is 0.498.